The fraction of sp³-hybridized carbons (Fsp3) is 0.300. The van der Waals surface area contributed by atoms with Gasteiger partial charge in [0.05, 0.1) is 39.8 Å². The van der Waals surface area contributed by atoms with Crippen LogP contribution in [0.15, 0.2) is 43.2 Å². The molecule has 0 unspecified atom stereocenters. The first-order chi connectivity index (χ1) is 13.5. The Bertz CT molecular complexity index is 1140. The molecule has 0 aromatic carbocycles. The molecule has 28 heavy (non-hydrogen) atoms. The van der Waals surface area contributed by atoms with Gasteiger partial charge < -0.3 is 14.8 Å². The summed E-state index contributed by atoms with van der Waals surface area (Å²) in [6.07, 6.45) is 9.13. The van der Waals surface area contributed by atoms with Crippen molar-refractivity contribution in [3.05, 3.63) is 65.0 Å². The highest BCUT2D eigenvalue weighted by molar-refractivity contribution is 6.30. The molecule has 0 aliphatic heterocycles. The van der Waals surface area contributed by atoms with Crippen molar-refractivity contribution in [2.24, 2.45) is 11.8 Å². The highest BCUT2D eigenvalue weighted by Crippen LogP contribution is 2.60. The van der Waals surface area contributed by atoms with Gasteiger partial charge in [-0.25, -0.2) is 4.98 Å². The Kier molecular flexibility index (Phi) is 3.69. The quantitative estimate of drug-likeness (QED) is 0.710. The molecule has 8 heteroatoms. The molecular weight excluding hydrogens is 378 g/mol. The van der Waals surface area contributed by atoms with Crippen LogP contribution in [0.2, 0.25) is 5.02 Å². The van der Waals surface area contributed by atoms with Crippen LogP contribution in [0, 0.1) is 23.2 Å². The van der Waals surface area contributed by atoms with Gasteiger partial charge in [0.15, 0.2) is 0 Å². The van der Waals surface area contributed by atoms with Crippen molar-refractivity contribution in [2.75, 3.05) is 0 Å². The summed E-state index contributed by atoms with van der Waals surface area (Å²) in [6.45, 7) is 0. The van der Waals surface area contributed by atoms with Crippen molar-refractivity contribution in [1.29, 1.82) is 5.26 Å². The van der Waals surface area contributed by atoms with E-state index in [4.69, 9.17) is 16.9 Å². The molecule has 4 atom stereocenters. The van der Waals surface area contributed by atoms with E-state index >= 15 is 0 Å². The Balaban J connectivity index is 1.32. The lowest BCUT2D eigenvalue weighted by atomic mass is 9.88. The van der Waals surface area contributed by atoms with Crippen LogP contribution >= 0.6 is 11.6 Å². The zero-order valence-electron chi connectivity index (χ0n) is 14.7. The molecule has 7 nitrogen and oxygen atoms in total. The van der Waals surface area contributed by atoms with E-state index in [0.29, 0.717) is 29.0 Å². The summed E-state index contributed by atoms with van der Waals surface area (Å²) in [4.78, 5) is 20.5. The molecule has 0 saturated heterocycles. The minimum Gasteiger partial charge on any atom is -0.385 e. The number of rotatable bonds is 3. The maximum Gasteiger partial charge on any atom is 0.253 e. The first kappa shape index (κ1) is 17.2. The van der Waals surface area contributed by atoms with Gasteiger partial charge in [0.2, 0.25) is 0 Å². The summed E-state index contributed by atoms with van der Waals surface area (Å²) in [6, 6.07) is 5.34. The molecule has 0 radical (unpaired) electrons. The number of hydrogen-bond acceptors (Lipinski definition) is 5. The van der Waals surface area contributed by atoms with Crippen LogP contribution in [0.1, 0.15) is 34.3 Å². The number of carbonyl (C=O) groups excluding carboxylic acids is 1. The Morgan fingerprint density at radius 3 is 2.82 bits per heavy atom. The lowest BCUT2D eigenvalue weighted by Crippen LogP contribution is -2.33. The Labute approximate surface area is 165 Å². The number of nitrogens with zero attached hydrogens (tertiary/aromatic N) is 4. The van der Waals surface area contributed by atoms with E-state index in [1.807, 2.05) is 10.5 Å². The standard InChI is InChI=1S/C20H16ClN5O2/c21-13-2-16(17-8-24-10-26(17)9-13)20(28)3-14-15(4-20)18(14)25-19(27)12-1-11(5-22)6-23-7-12/h1-2,6-10,14-15,18,28H,3-4H2,(H,25,27)/t14-,15+,18-,20+. The second kappa shape index (κ2) is 6.03. The van der Waals surface area contributed by atoms with E-state index in [1.54, 1.807) is 24.8 Å². The van der Waals surface area contributed by atoms with Crippen LogP contribution in [0.25, 0.3) is 5.52 Å². The number of amides is 1. The van der Waals surface area contributed by atoms with Crippen LogP contribution in [0.5, 0.6) is 0 Å². The van der Waals surface area contributed by atoms with Gasteiger partial charge in [-0.2, -0.15) is 5.26 Å². The summed E-state index contributed by atoms with van der Waals surface area (Å²) in [5.74, 6) is 0.180. The highest BCUT2D eigenvalue weighted by atomic mass is 35.5. The van der Waals surface area contributed by atoms with Crippen molar-refractivity contribution >= 4 is 23.0 Å². The molecule has 3 aromatic heterocycles. The molecule has 1 amide bonds. The molecule has 5 rings (SSSR count). The van der Waals surface area contributed by atoms with Crippen molar-refractivity contribution in [2.45, 2.75) is 24.5 Å². The third-order valence-corrected chi connectivity index (χ3v) is 6.10. The monoisotopic (exact) mass is 393 g/mol. The number of pyridine rings is 2. The summed E-state index contributed by atoms with van der Waals surface area (Å²) < 4.78 is 1.81. The van der Waals surface area contributed by atoms with Gasteiger partial charge in [-0.1, -0.05) is 11.6 Å². The van der Waals surface area contributed by atoms with Crippen molar-refractivity contribution in [1.82, 2.24) is 19.7 Å². The number of hydrogen-bond donors (Lipinski definition) is 2. The van der Waals surface area contributed by atoms with Crippen LogP contribution in [0.3, 0.4) is 0 Å². The smallest absolute Gasteiger partial charge is 0.253 e. The van der Waals surface area contributed by atoms with E-state index < -0.39 is 5.60 Å². The molecule has 3 heterocycles. The molecule has 2 saturated carbocycles. The Hall–Kier alpha value is -2.95. The predicted octanol–water partition coefficient (Wildman–Crippen LogP) is 2.28. The number of aliphatic hydroxyl groups is 1. The number of fused-ring (bicyclic) bond motifs is 2. The molecule has 0 bridgehead atoms. The van der Waals surface area contributed by atoms with E-state index in [9.17, 15) is 9.90 Å². The van der Waals surface area contributed by atoms with Gasteiger partial charge in [-0.05, 0) is 36.8 Å². The average molecular weight is 394 g/mol. The summed E-state index contributed by atoms with van der Waals surface area (Å²) in [5, 5.41) is 23.8. The fourth-order valence-electron chi connectivity index (χ4n) is 4.53. The zero-order valence-corrected chi connectivity index (χ0v) is 15.5. The maximum absolute atomic E-state index is 12.5. The first-order valence-electron chi connectivity index (χ1n) is 8.98. The van der Waals surface area contributed by atoms with E-state index in [1.165, 1.54) is 18.5 Å². The highest BCUT2D eigenvalue weighted by Gasteiger charge is 2.62. The lowest BCUT2D eigenvalue weighted by Gasteiger charge is -2.27. The second-order valence-corrected chi connectivity index (χ2v) is 8.04. The predicted molar refractivity (Wildman–Crippen MR) is 101 cm³/mol. The molecule has 2 N–H and O–H groups in total. The van der Waals surface area contributed by atoms with E-state index in [2.05, 4.69) is 15.3 Å². The number of nitriles is 1. The van der Waals surface area contributed by atoms with Crippen molar-refractivity contribution < 1.29 is 9.90 Å². The van der Waals surface area contributed by atoms with Gasteiger partial charge in [-0.3, -0.25) is 9.78 Å². The topological polar surface area (TPSA) is 103 Å². The van der Waals surface area contributed by atoms with Gasteiger partial charge in [0.1, 0.15) is 6.07 Å². The van der Waals surface area contributed by atoms with Crippen molar-refractivity contribution in [3.8, 4) is 6.07 Å². The van der Waals surface area contributed by atoms with Gasteiger partial charge in [0, 0.05) is 30.2 Å². The van der Waals surface area contributed by atoms with Crippen LogP contribution in [-0.2, 0) is 5.60 Å². The number of carbonyl (C=O) groups is 1. The first-order valence-corrected chi connectivity index (χ1v) is 9.36. The fourth-order valence-corrected chi connectivity index (χ4v) is 4.74. The molecule has 2 fully saturated rings. The van der Waals surface area contributed by atoms with E-state index in [0.717, 1.165) is 11.1 Å². The largest absolute Gasteiger partial charge is 0.385 e. The third-order valence-electron chi connectivity index (χ3n) is 5.89. The molecule has 2 aliphatic carbocycles. The number of imidazole rings is 1. The SMILES string of the molecule is N#Cc1cncc(C(=O)N[C@@H]2[C@@H]3C[C@@](O)(c4cc(Cl)cn5cncc45)C[C@@H]32)c1. The summed E-state index contributed by atoms with van der Waals surface area (Å²) in [5.41, 5.74) is 1.36. The lowest BCUT2D eigenvalue weighted by molar-refractivity contribution is 0.0289. The second-order valence-electron chi connectivity index (χ2n) is 7.60. The molecular formula is C20H16ClN5O2. The van der Waals surface area contributed by atoms with E-state index in [-0.39, 0.29) is 23.8 Å². The number of aromatic nitrogens is 3. The zero-order chi connectivity index (χ0) is 19.5. The molecule has 3 aromatic rings. The van der Waals surface area contributed by atoms with Gasteiger partial charge in [-0.15, -0.1) is 0 Å². The molecule has 0 spiro atoms. The van der Waals surface area contributed by atoms with Gasteiger partial charge >= 0.3 is 0 Å². The molecule has 140 valence electrons. The Morgan fingerprint density at radius 1 is 1.29 bits per heavy atom. The van der Waals surface area contributed by atoms with Crippen molar-refractivity contribution in [3.63, 3.8) is 0 Å². The van der Waals surface area contributed by atoms with Crippen LogP contribution in [0.4, 0.5) is 0 Å². The number of halogens is 1. The van der Waals surface area contributed by atoms with Gasteiger partial charge in [0.25, 0.3) is 5.91 Å². The summed E-state index contributed by atoms with van der Waals surface area (Å²) >= 11 is 6.21. The molecule has 2 aliphatic rings. The average Bonchev–Trinajstić information content (AvgIpc) is 3.06. The Morgan fingerprint density at radius 2 is 2.07 bits per heavy atom. The minimum absolute atomic E-state index is 0.0265. The minimum atomic E-state index is -0.981. The summed E-state index contributed by atoms with van der Waals surface area (Å²) in [7, 11) is 0. The maximum atomic E-state index is 12.5. The third kappa shape index (κ3) is 2.65. The normalized spacial score (nSPS) is 28.0. The van der Waals surface area contributed by atoms with Crippen LogP contribution < -0.4 is 5.32 Å². The van der Waals surface area contributed by atoms with Crippen LogP contribution in [-0.4, -0.2) is 31.4 Å². The number of nitrogens with one attached hydrogen (secondary N) is 1.